The summed E-state index contributed by atoms with van der Waals surface area (Å²) in [6.45, 7) is 1.71. The molecular weight excluding hydrogens is 454 g/mol. The van der Waals surface area contributed by atoms with Crippen LogP contribution in [0.2, 0.25) is 0 Å². The summed E-state index contributed by atoms with van der Waals surface area (Å²) in [6, 6.07) is 21.7. The third kappa shape index (κ3) is 5.74. The number of hydrogen-bond acceptors (Lipinski definition) is 5. The molecule has 1 aliphatic carbocycles. The minimum atomic E-state index is -0.298. The van der Waals surface area contributed by atoms with Crippen LogP contribution in [0.5, 0.6) is 5.75 Å². The fourth-order valence-electron chi connectivity index (χ4n) is 4.82. The number of carbonyl (C=O) groups excluding carboxylic acids is 2. The van der Waals surface area contributed by atoms with Crippen LogP contribution in [-0.4, -0.2) is 59.4 Å². The predicted octanol–water partition coefficient (Wildman–Crippen LogP) is 3.65. The second-order valence-corrected chi connectivity index (χ2v) is 9.49. The van der Waals surface area contributed by atoms with Gasteiger partial charge < -0.3 is 19.3 Å². The number of aromatic nitrogens is 1. The van der Waals surface area contributed by atoms with E-state index in [0.29, 0.717) is 26.2 Å². The van der Waals surface area contributed by atoms with E-state index in [4.69, 9.17) is 9.47 Å². The molecule has 7 nitrogen and oxygen atoms in total. The fourth-order valence-corrected chi connectivity index (χ4v) is 4.82. The van der Waals surface area contributed by atoms with Gasteiger partial charge in [0.1, 0.15) is 5.75 Å². The Labute approximate surface area is 211 Å². The maximum atomic E-state index is 13.5. The first-order chi connectivity index (χ1) is 17.6. The molecule has 2 heterocycles. The van der Waals surface area contributed by atoms with E-state index in [1.807, 2.05) is 54.6 Å². The quantitative estimate of drug-likeness (QED) is 0.487. The number of ether oxygens (including phenoxy) is 2. The largest absolute Gasteiger partial charge is 0.497 e. The minimum absolute atomic E-state index is 0.0403. The van der Waals surface area contributed by atoms with Crippen molar-refractivity contribution >= 4 is 11.8 Å². The lowest BCUT2D eigenvalue weighted by molar-refractivity contribution is -0.139. The molecule has 3 aromatic rings. The maximum Gasteiger partial charge on any atom is 0.242 e. The van der Waals surface area contributed by atoms with Crippen LogP contribution in [0.3, 0.4) is 0 Å². The Morgan fingerprint density at radius 3 is 2.53 bits per heavy atom. The number of hydrogen-bond donors (Lipinski definition) is 0. The van der Waals surface area contributed by atoms with E-state index in [2.05, 4.69) is 17.1 Å². The SMILES string of the molecule is COc1ccc(CN2C[C@@H](OCc3cccnc3)CN(C(=O)[C@@H]3C[C@H]3c3ccccc3)CC2=O)cc1. The summed E-state index contributed by atoms with van der Waals surface area (Å²) in [5, 5.41) is 0. The molecule has 0 radical (unpaired) electrons. The molecule has 3 atom stereocenters. The summed E-state index contributed by atoms with van der Waals surface area (Å²) in [6.07, 6.45) is 4.02. The molecule has 2 amide bonds. The van der Waals surface area contributed by atoms with E-state index in [0.717, 1.165) is 23.3 Å². The van der Waals surface area contributed by atoms with Gasteiger partial charge in [0.2, 0.25) is 11.8 Å². The lowest BCUT2D eigenvalue weighted by Gasteiger charge is -2.25. The van der Waals surface area contributed by atoms with Gasteiger partial charge in [-0.2, -0.15) is 0 Å². The van der Waals surface area contributed by atoms with Crippen molar-refractivity contribution in [2.45, 2.75) is 31.6 Å². The van der Waals surface area contributed by atoms with Crippen LogP contribution in [0.25, 0.3) is 0 Å². The highest BCUT2D eigenvalue weighted by atomic mass is 16.5. The van der Waals surface area contributed by atoms with E-state index in [1.165, 1.54) is 5.56 Å². The van der Waals surface area contributed by atoms with Gasteiger partial charge in [-0.3, -0.25) is 14.6 Å². The van der Waals surface area contributed by atoms with Crippen LogP contribution in [0.15, 0.2) is 79.1 Å². The molecule has 186 valence electrons. The smallest absolute Gasteiger partial charge is 0.242 e. The molecule has 0 bridgehead atoms. The molecule has 7 heteroatoms. The molecule has 0 N–H and O–H groups in total. The number of methoxy groups -OCH3 is 1. The second-order valence-electron chi connectivity index (χ2n) is 9.49. The zero-order chi connectivity index (χ0) is 24.9. The van der Waals surface area contributed by atoms with Gasteiger partial charge in [-0.25, -0.2) is 0 Å². The van der Waals surface area contributed by atoms with Gasteiger partial charge in [-0.15, -0.1) is 0 Å². The molecule has 0 unspecified atom stereocenters. The molecule has 0 spiro atoms. The molecule has 1 saturated carbocycles. The number of carbonyl (C=O) groups is 2. The second kappa shape index (κ2) is 10.9. The van der Waals surface area contributed by atoms with Gasteiger partial charge in [0.15, 0.2) is 0 Å². The summed E-state index contributed by atoms with van der Waals surface area (Å²) < 4.78 is 11.5. The third-order valence-corrected chi connectivity index (χ3v) is 6.91. The number of rotatable bonds is 8. The van der Waals surface area contributed by atoms with Gasteiger partial charge in [0, 0.05) is 37.9 Å². The van der Waals surface area contributed by atoms with E-state index in [1.54, 1.807) is 29.3 Å². The Morgan fingerprint density at radius 1 is 1.00 bits per heavy atom. The van der Waals surface area contributed by atoms with Crippen molar-refractivity contribution in [3.63, 3.8) is 0 Å². The van der Waals surface area contributed by atoms with Gasteiger partial charge in [-0.1, -0.05) is 48.5 Å². The Bertz CT molecular complexity index is 1170. The molecule has 1 aliphatic heterocycles. The topological polar surface area (TPSA) is 72.0 Å². The van der Waals surface area contributed by atoms with Crippen molar-refractivity contribution in [3.8, 4) is 5.75 Å². The highest BCUT2D eigenvalue weighted by Gasteiger charge is 2.47. The first-order valence-electron chi connectivity index (χ1n) is 12.4. The van der Waals surface area contributed by atoms with E-state index in [-0.39, 0.29) is 36.3 Å². The monoisotopic (exact) mass is 485 g/mol. The average molecular weight is 486 g/mol. The van der Waals surface area contributed by atoms with Crippen LogP contribution in [0, 0.1) is 5.92 Å². The molecule has 36 heavy (non-hydrogen) atoms. The fraction of sp³-hybridized carbons (Fsp3) is 0.345. The zero-order valence-corrected chi connectivity index (χ0v) is 20.5. The molecule has 1 saturated heterocycles. The molecule has 2 aliphatic rings. The van der Waals surface area contributed by atoms with E-state index < -0.39 is 0 Å². The number of nitrogens with zero attached hydrogens (tertiary/aromatic N) is 3. The van der Waals surface area contributed by atoms with Gasteiger partial charge in [-0.05, 0) is 47.2 Å². The van der Waals surface area contributed by atoms with Crippen LogP contribution in [0.1, 0.15) is 29.0 Å². The first kappa shape index (κ1) is 24.0. The first-order valence-corrected chi connectivity index (χ1v) is 12.4. The van der Waals surface area contributed by atoms with Crippen LogP contribution in [-0.2, 0) is 27.5 Å². The van der Waals surface area contributed by atoms with E-state index >= 15 is 0 Å². The molecule has 1 aromatic heterocycles. The maximum absolute atomic E-state index is 13.5. The normalized spacial score (nSPS) is 21.7. The van der Waals surface area contributed by atoms with Crippen LogP contribution >= 0.6 is 0 Å². The third-order valence-electron chi connectivity index (χ3n) is 6.91. The van der Waals surface area contributed by atoms with Crippen LogP contribution < -0.4 is 4.74 Å². The number of pyridine rings is 1. The van der Waals surface area contributed by atoms with Gasteiger partial charge in [0.25, 0.3) is 0 Å². The standard InChI is InChI=1S/C29H31N3O4/c1-35-24-11-9-21(10-12-24)16-31-17-25(36-20-22-6-5-13-30-15-22)18-32(19-28(31)33)29(34)27-14-26(27)23-7-3-2-4-8-23/h2-13,15,25-27H,14,16-20H2,1H3/t25-,26+,27-/m1/s1. The highest BCUT2D eigenvalue weighted by molar-refractivity contribution is 5.88. The predicted molar refractivity (Wildman–Crippen MR) is 135 cm³/mol. The van der Waals surface area contributed by atoms with Crippen molar-refractivity contribution < 1.29 is 19.1 Å². The summed E-state index contributed by atoms with van der Waals surface area (Å²) in [7, 11) is 1.63. The summed E-state index contributed by atoms with van der Waals surface area (Å²) in [5.74, 6) is 0.893. The minimum Gasteiger partial charge on any atom is -0.497 e. The Kier molecular flexibility index (Phi) is 7.28. The van der Waals surface area contributed by atoms with Crippen molar-refractivity contribution in [1.82, 2.24) is 14.8 Å². The lowest BCUT2D eigenvalue weighted by atomic mass is 10.1. The van der Waals surface area contributed by atoms with E-state index in [9.17, 15) is 9.59 Å². The Balaban J connectivity index is 1.30. The van der Waals surface area contributed by atoms with Crippen molar-refractivity contribution in [2.75, 3.05) is 26.7 Å². The number of benzene rings is 2. The molecular formula is C29H31N3O4. The molecule has 5 rings (SSSR count). The zero-order valence-electron chi connectivity index (χ0n) is 20.5. The average Bonchev–Trinajstić information content (AvgIpc) is 3.74. The molecule has 2 fully saturated rings. The van der Waals surface area contributed by atoms with Gasteiger partial charge >= 0.3 is 0 Å². The number of amides is 2. The lowest BCUT2D eigenvalue weighted by Crippen LogP contribution is -2.40. The van der Waals surface area contributed by atoms with Crippen molar-refractivity contribution in [1.29, 1.82) is 0 Å². The summed E-state index contributed by atoms with van der Waals surface area (Å²) in [4.78, 5) is 34.4. The molecule has 2 aromatic carbocycles. The van der Waals surface area contributed by atoms with Crippen molar-refractivity contribution in [2.24, 2.45) is 5.92 Å². The summed E-state index contributed by atoms with van der Waals surface area (Å²) in [5.41, 5.74) is 3.14. The summed E-state index contributed by atoms with van der Waals surface area (Å²) >= 11 is 0. The van der Waals surface area contributed by atoms with Crippen molar-refractivity contribution in [3.05, 3.63) is 95.8 Å². The Morgan fingerprint density at radius 2 is 1.81 bits per heavy atom. The highest BCUT2D eigenvalue weighted by Crippen LogP contribution is 2.48. The van der Waals surface area contributed by atoms with Gasteiger partial charge in [0.05, 0.1) is 26.4 Å². The van der Waals surface area contributed by atoms with Crippen LogP contribution in [0.4, 0.5) is 0 Å². The Hall–Kier alpha value is -3.71.